The summed E-state index contributed by atoms with van der Waals surface area (Å²) in [5, 5.41) is -0.506. The molecule has 0 aliphatic rings. The average Bonchev–Trinajstić information content (AvgIpc) is 2.24. The zero-order chi connectivity index (χ0) is 14.5. The molecule has 18 heavy (non-hydrogen) atoms. The summed E-state index contributed by atoms with van der Waals surface area (Å²) in [5.41, 5.74) is 0. The van der Waals surface area contributed by atoms with Crippen LogP contribution in [0.3, 0.4) is 0 Å². The number of halogens is 7. The Morgan fingerprint density at radius 3 is 2.00 bits per heavy atom. The molecule has 3 unspecified atom stereocenters. The van der Waals surface area contributed by atoms with E-state index in [9.17, 15) is 35.5 Å². The van der Waals surface area contributed by atoms with Crippen LogP contribution in [0.25, 0.3) is 0 Å². The van der Waals surface area contributed by atoms with Crippen LogP contribution in [0.15, 0.2) is 0 Å². The van der Waals surface area contributed by atoms with E-state index in [2.05, 4.69) is 0 Å². The summed E-state index contributed by atoms with van der Waals surface area (Å²) in [6.07, 6.45) is -16.0. The fourth-order valence-electron chi connectivity index (χ4n) is 1.00. The van der Waals surface area contributed by atoms with Crippen LogP contribution in [0.2, 0.25) is 0 Å². The molecule has 0 aromatic carbocycles. The molecule has 0 radical (unpaired) electrons. The molecule has 0 aliphatic heterocycles. The van der Waals surface area contributed by atoms with Crippen LogP contribution >= 0.6 is 11.8 Å². The molecule has 0 bridgehead atoms. The summed E-state index contributed by atoms with van der Waals surface area (Å²) in [7, 11) is 0. The number of hydrogen-bond acceptors (Lipinski definition) is 2. The minimum absolute atomic E-state index is 0.452. The number of rotatable bonds is 7. The summed E-state index contributed by atoms with van der Waals surface area (Å²) in [6.45, 7) is 1.09. The van der Waals surface area contributed by atoms with Gasteiger partial charge in [0, 0.05) is 19.1 Å². The van der Waals surface area contributed by atoms with Crippen molar-refractivity contribution in [2.24, 2.45) is 0 Å². The highest BCUT2D eigenvalue weighted by Gasteiger charge is 2.50. The van der Waals surface area contributed by atoms with Crippen LogP contribution in [-0.4, -0.2) is 41.7 Å². The lowest BCUT2D eigenvalue weighted by molar-refractivity contribution is -0.127. The predicted octanol–water partition coefficient (Wildman–Crippen LogP) is 3.57. The van der Waals surface area contributed by atoms with E-state index in [1.54, 1.807) is 0 Å². The first-order valence-corrected chi connectivity index (χ1v) is 5.79. The zero-order valence-corrected chi connectivity index (χ0v) is 10.0. The first-order chi connectivity index (χ1) is 8.09. The van der Waals surface area contributed by atoms with Crippen molar-refractivity contribution < 1.29 is 35.5 Å². The molecule has 0 heterocycles. The molecule has 9 heteroatoms. The van der Waals surface area contributed by atoms with Crippen molar-refractivity contribution in [3.8, 4) is 0 Å². The smallest absolute Gasteiger partial charge is 0.282 e. The molecular formula is C9H11F7OS. The van der Waals surface area contributed by atoms with Crippen molar-refractivity contribution in [3.63, 3.8) is 0 Å². The molecule has 0 rings (SSSR count). The van der Waals surface area contributed by atoms with Crippen molar-refractivity contribution in [3.05, 3.63) is 0 Å². The third-order valence-electron chi connectivity index (χ3n) is 1.97. The number of alkyl halides is 7. The Balaban J connectivity index is 4.44. The van der Waals surface area contributed by atoms with E-state index in [0.717, 1.165) is 6.92 Å². The van der Waals surface area contributed by atoms with E-state index < -0.39 is 48.2 Å². The Kier molecular flexibility index (Phi) is 7.01. The second-order valence-electron chi connectivity index (χ2n) is 3.48. The van der Waals surface area contributed by atoms with Crippen LogP contribution in [0.4, 0.5) is 30.7 Å². The van der Waals surface area contributed by atoms with Crippen LogP contribution in [0.5, 0.6) is 0 Å². The Labute approximate surface area is 103 Å². The summed E-state index contributed by atoms with van der Waals surface area (Å²) in [6, 6.07) is 0. The van der Waals surface area contributed by atoms with E-state index in [1.807, 2.05) is 0 Å². The molecule has 0 spiro atoms. The molecule has 0 amide bonds. The van der Waals surface area contributed by atoms with Gasteiger partial charge in [-0.05, 0) is 0 Å². The molecule has 0 fully saturated rings. The fraction of sp³-hybridized carbons (Fsp3) is 0.889. The highest BCUT2D eigenvalue weighted by atomic mass is 32.2. The van der Waals surface area contributed by atoms with Crippen molar-refractivity contribution in [1.29, 1.82) is 0 Å². The van der Waals surface area contributed by atoms with Gasteiger partial charge in [-0.2, -0.15) is 0 Å². The SMILES string of the molecule is CC(=O)SCCC(F)(F)C(F)C(F)C(F)C(F)F. The van der Waals surface area contributed by atoms with Crippen molar-refractivity contribution in [1.82, 2.24) is 0 Å². The Morgan fingerprint density at radius 2 is 1.61 bits per heavy atom. The maximum atomic E-state index is 13.0. The van der Waals surface area contributed by atoms with Gasteiger partial charge in [-0.25, -0.2) is 30.7 Å². The molecule has 0 aromatic rings. The van der Waals surface area contributed by atoms with E-state index in [1.165, 1.54) is 0 Å². The van der Waals surface area contributed by atoms with E-state index in [4.69, 9.17) is 0 Å². The highest BCUT2D eigenvalue weighted by molar-refractivity contribution is 8.13. The van der Waals surface area contributed by atoms with Gasteiger partial charge in [-0.15, -0.1) is 0 Å². The van der Waals surface area contributed by atoms with Gasteiger partial charge >= 0.3 is 0 Å². The minimum Gasteiger partial charge on any atom is -0.288 e. The summed E-state index contributed by atoms with van der Waals surface area (Å²) >= 11 is 0.452. The fourth-order valence-corrected chi connectivity index (χ4v) is 1.66. The molecule has 3 atom stereocenters. The molecule has 108 valence electrons. The number of thioether (sulfide) groups is 1. The normalized spacial score (nSPS) is 17.6. The van der Waals surface area contributed by atoms with Gasteiger partial charge < -0.3 is 0 Å². The van der Waals surface area contributed by atoms with Crippen LogP contribution in [0.1, 0.15) is 13.3 Å². The number of carbonyl (C=O) groups excluding carboxylic acids is 1. The van der Waals surface area contributed by atoms with Gasteiger partial charge in [0.15, 0.2) is 23.6 Å². The Hall–Kier alpha value is -0.470. The van der Waals surface area contributed by atoms with Crippen molar-refractivity contribution in [2.45, 2.75) is 44.2 Å². The number of carbonyl (C=O) groups is 1. The van der Waals surface area contributed by atoms with Gasteiger partial charge in [0.05, 0.1) is 0 Å². The largest absolute Gasteiger partial charge is 0.288 e. The third-order valence-corrected chi connectivity index (χ3v) is 2.78. The van der Waals surface area contributed by atoms with Crippen molar-refractivity contribution >= 4 is 16.9 Å². The van der Waals surface area contributed by atoms with E-state index in [-0.39, 0.29) is 0 Å². The van der Waals surface area contributed by atoms with Gasteiger partial charge in [0.1, 0.15) is 0 Å². The van der Waals surface area contributed by atoms with Gasteiger partial charge in [0.2, 0.25) is 0 Å². The highest BCUT2D eigenvalue weighted by Crippen LogP contribution is 2.33. The molecule has 0 saturated heterocycles. The second kappa shape index (κ2) is 7.20. The summed E-state index contributed by atoms with van der Waals surface area (Å²) in [4.78, 5) is 10.4. The molecule has 0 saturated carbocycles. The standard InChI is InChI=1S/C9H11F7OS/c1-4(17)18-3-2-9(15,16)7(12)5(10)6(11)8(13)14/h5-8H,2-3H2,1H3. The lowest BCUT2D eigenvalue weighted by Crippen LogP contribution is -2.44. The monoisotopic (exact) mass is 300 g/mol. The summed E-state index contributed by atoms with van der Waals surface area (Å²) < 4.78 is 87.4. The topological polar surface area (TPSA) is 17.1 Å². The molecule has 0 aromatic heterocycles. The Morgan fingerprint density at radius 1 is 1.11 bits per heavy atom. The van der Waals surface area contributed by atoms with Crippen molar-refractivity contribution in [2.75, 3.05) is 5.75 Å². The molecule has 1 nitrogen and oxygen atoms in total. The number of hydrogen-bond donors (Lipinski definition) is 0. The van der Waals surface area contributed by atoms with Gasteiger partial charge in [-0.3, -0.25) is 4.79 Å². The molecule has 0 aliphatic carbocycles. The van der Waals surface area contributed by atoms with E-state index in [0.29, 0.717) is 11.8 Å². The maximum absolute atomic E-state index is 13.0. The quantitative estimate of drug-likeness (QED) is 0.669. The third kappa shape index (κ3) is 5.45. The lowest BCUT2D eigenvalue weighted by atomic mass is 10.0. The zero-order valence-electron chi connectivity index (χ0n) is 9.19. The molecule has 0 N–H and O–H groups in total. The van der Waals surface area contributed by atoms with Crippen LogP contribution < -0.4 is 0 Å². The average molecular weight is 300 g/mol. The second-order valence-corrected chi connectivity index (χ2v) is 4.75. The van der Waals surface area contributed by atoms with E-state index >= 15 is 0 Å². The first-order valence-electron chi connectivity index (χ1n) is 4.81. The van der Waals surface area contributed by atoms with Gasteiger partial charge in [0.25, 0.3) is 12.3 Å². The Bertz CT molecular complexity index is 274. The summed E-state index contributed by atoms with van der Waals surface area (Å²) in [5.74, 6) is -4.82. The predicted molar refractivity (Wildman–Crippen MR) is 53.4 cm³/mol. The van der Waals surface area contributed by atoms with Crippen LogP contribution in [0, 0.1) is 0 Å². The maximum Gasteiger partial charge on any atom is 0.282 e. The van der Waals surface area contributed by atoms with Crippen LogP contribution in [-0.2, 0) is 4.79 Å². The lowest BCUT2D eigenvalue weighted by Gasteiger charge is -2.24. The first kappa shape index (κ1) is 17.5. The minimum atomic E-state index is -4.30. The molecular weight excluding hydrogens is 289 g/mol. The van der Waals surface area contributed by atoms with Gasteiger partial charge in [-0.1, -0.05) is 11.8 Å².